The Balaban J connectivity index is 2.28. The van der Waals surface area contributed by atoms with E-state index >= 15 is 0 Å². The van der Waals surface area contributed by atoms with Crippen LogP contribution in [0.3, 0.4) is 0 Å². The quantitative estimate of drug-likeness (QED) is 0.535. The van der Waals surface area contributed by atoms with E-state index < -0.39 is 47.6 Å². The molecular weight excluding hydrogens is 268 g/mol. The number of carbonyl (C=O) groups excluding carboxylic acids is 3. The molecule has 0 N–H and O–H groups in total. The van der Waals surface area contributed by atoms with Gasteiger partial charge in [0.05, 0.1) is 26.7 Å². The normalized spacial score (nSPS) is 34.7. The van der Waals surface area contributed by atoms with Gasteiger partial charge in [-0.2, -0.15) is 0 Å². The van der Waals surface area contributed by atoms with E-state index in [-0.39, 0.29) is 6.42 Å². The number of fused-ring (bicyclic) bond motifs is 1. The second-order valence-electron chi connectivity index (χ2n) is 5.37. The standard InChI is InChI=1S/C13H18O7/c1-13(2)19-10-6(5-7(14)17-3)8(12(16)18-4)9(15)11(10)20-13/h6,8,10-11H,5H2,1-4H3/t6-,8?,10+,11-/m1/s1. The monoisotopic (exact) mass is 286 g/mol. The zero-order chi connectivity index (χ0) is 15.1. The molecule has 112 valence electrons. The third kappa shape index (κ3) is 2.43. The summed E-state index contributed by atoms with van der Waals surface area (Å²) in [6.45, 7) is 3.36. The van der Waals surface area contributed by atoms with Crippen molar-refractivity contribution in [3.63, 3.8) is 0 Å². The van der Waals surface area contributed by atoms with Crippen LogP contribution in [0.25, 0.3) is 0 Å². The van der Waals surface area contributed by atoms with E-state index in [1.165, 1.54) is 14.2 Å². The minimum absolute atomic E-state index is 0.0946. The van der Waals surface area contributed by atoms with Gasteiger partial charge < -0.3 is 18.9 Å². The molecule has 0 aromatic heterocycles. The molecule has 1 unspecified atom stereocenters. The predicted molar refractivity (Wildman–Crippen MR) is 64.5 cm³/mol. The number of carbonyl (C=O) groups is 3. The van der Waals surface area contributed by atoms with Crippen molar-refractivity contribution in [2.75, 3.05) is 14.2 Å². The molecule has 20 heavy (non-hydrogen) atoms. The van der Waals surface area contributed by atoms with Crippen LogP contribution in [0.2, 0.25) is 0 Å². The number of rotatable bonds is 3. The Morgan fingerprint density at radius 2 is 1.85 bits per heavy atom. The van der Waals surface area contributed by atoms with Crippen LogP contribution in [0.5, 0.6) is 0 Å². The molecule has 2 aliphatic rings. The maximum Gasteiger partial charge on any atom is 0.316 e. The molecular formula is C13H18O7. The summed E-state index contributed by atoms with van der Waals surface area (Å²) >= 11 is 0. The lowest BCUT2D eigenvalue weighted by Gasteiger charge is -2.24. The molecule has 1 saturated carbocycles. The molecule has 0 radical (unpaired) electrons. The summed E-state index contributed by atoms with van der Waals surface area (Å²) in [6.07, 6.45) is -1.58. The summed E-state index contributed by atoms with van der Waals surface area (Å²) in [4.78, 5) is 35.6. The number of ether oxygens (including phenoxy) is 4. The van der Waals surface area contributed by atoms with Gasteiger partial charge in [-0.15, -0.1) is 0 Å². The molecule has 0 bridgehead atoms. The number of hydrogen-bond acceptors (Lipinski definition) is 7. The Morgan fingerprint density at radius 1 is 1.20 bits per heavy atom. The molecule has 1 aliphatic heterocycles. The summed E-state index contributed by atoms with van der Waals surface area (Å²) in [5, 5.41) is 0. The first-order valence-corrected chi connectivity index (χ1v) is 6.34. The van der Waals surface area contributed by atoms with Crippen LogP contribution in [0.4, 0.5) is 0 Å². The Morgan fingerprint density at radius 3 is 2.40 bits per heavy atom. The van der Waals surface area contributed by atoms with E-state index in [1.54, 1.807) is 13.8 Å². The van der Waals surface area contributed by atoms with Crippen LogP contribution >= 0.6 is 0 Å². The maximum absolute atomic E-state index is 12.3. The Bertz CT molecular complexity index is 442. The van der Waals surface area contributed by atoms with Crippen molar-refractivity contribution in [1.29, 1.82) is 0 Å². The SMILES string of the molecule is COC(=O)C[C@@H]1C(C(=O)OC)C(=O)[C@H]2OC(C)(C)O[C@H]21. The summed E-state index contributed by atoms with van der Waals surface area (Å²) in [7, 11) is 2.45. The van der Waals surface area contributed by atoms with E-state index in [2.05, 4.69) is 9.47 Å². The highest BCUT2D eigenvalue weighted by atomic mass is 16.8. The lowest BCUT2D eigenvalue weighted by atomic mass is 9.91. The number of hydrogen-bond donors (Lipinski definition) is 0. The fourth-order valence-electron chi connectivity index (χ4n) is 2.83. The van der Waals surface area contributed by atoms with Gasteiger partial charge in [0, 0.05) is 5.92 Å². The third-order valence-corrected chi connectivity index (χ3v) is 3.65. The third-order valence-electron chi connectivity index (χ3n) is 3.65. The van der Waals surface area contributed by atoms with Gasteiger partial charge in [0.2, 0.25) is 0 Å². The lowest BCUT2D eigenvalue weighted by molar-refractivity contribution is -0.175. The Kier molecular flexibility index (Phi) is 3.84. The molecule has 2 rings (SSSR count). The topological polar surface area (TPSA) is 88.1 Å². The molecule has 2 fully saturated rings. The van der Waals surface area contributed by atoms with Gasteiger partial charge >= 0.3 is 11.9 Å². The first-order valence-electron chi connectivity index (χ1n) is 6.34. The van der Waals surface area contributed by atoms with Gasteiger partial charge in [0.15, 0.2) is 11.6 Å². The lowest BCUT2D eigenvalue weighted by Crippen LogP contribution is -2.35. The molecule has 1 aliphatic carbocycles. The molecule has 7 nitrogen and oxygen atoms in total. The van der Waals surface area contributed by atoms with Gasteiger partial charge in [0.25, 0.3) is 0 Å². The largest absolute Gasteiger partial charge is 0.469 e. The molecule has 1 heterocycles. The zero-order valence-electron chi connectivity index (χ0n) is 11.9. The molecule has 1 saturated heterocycles. The summed E-state index contributed by atoms with van der Waals surface area (Å²) in [5.74, 6) is -4.19. The van der Waals surface area contributed by atoms with E-state index in [1.807, 2.05) is 0 Å². The average molecular weight is 286 g/mol. The van der Waals surface area contributed by atoms with Crippen LogP contribution < -0.4 is 0 Å². The first kappa shape index (κ1) is 14.9. The smallest absolute Gasteiger partial charge is 0.316 e. The van der Waals surface area contributed by atoms with Crippen LogP contribution in [0, 0.1) is 11.8 Å². The van der Waals surface area contributed by atoms with Crippen LogP contribution in [-0.2, 0) is 33.3 Å². The summed E-state index contributed by atoms with van der Waals surface area (Å²) in [6, 6.07) is 0. The van der Waals surface area contributed by atoms with Crippen molar-refractivity contribution in [2.45, 2.75) is 38.3 Å². The fourth-order valence-corrected chi connectivity index (χ4v) is 2.83. The average Bonchev–Trinajstić information content (AvgIpc) is 2.83. The van der Waals surface area contributed by atoms with Crippen molar-refractivity contribution < 1.29 is 33.3 Å². The molecule has 0 amide bonds. The van der Waals surface area contributed by atoms with Crippen molar-refractivity contribution in [2.24, 2.45) is 11.8 Å². The zero-order valence-corrected chi connectivity index (χ0v) is 11.9. The highest BCUT2D eigenvalue weighted by Crippen LogP contribution is 2.44. The second-order valence-corrected chi connectivity index (χ2v) is 5.37. The van der Waals surface area contributed by atoms with Crippen LogP contribution in [0.1, 0.15) is 20.3 Å². The van der Waals surface area contributed by atoms with Gasteiger partial charge in [-0.1, -0.05) is 0 Å². The maximum atomic E-state index is 12.3. The molecule has 7 heteroatoms. The summed E-state index contributed by atoms with van der Waals surface area (Å²) in [5.41, 5.74) is 0. The predicted octanol–water partition coefficient (Wildman–Crippen LogP) is 0.0577. The van der Waals surface area contributed by atoms with Crippen molar-refractivity contribution >= 4 is 17.7 Å². The van der Waals surface area contributed by atoms with Gasteiger partial charge in [-0.3, -0.25) is 14.4 Å². The highest BCUT2D eigenvalue weighted by Gasteiger charge is 2.61. The summed E-state index contributed by atoms with van der Waals surface area (Å²) < 4.78 is 20.4. The van der Waals surface area contributed by atoms with Gasteiger partial charge in [-0.25, -0.2) is 0 Å². The number of ketones is 1. The van der Waals surface area contributed by atoms with Crippen molar-refractivity contribution in [3.8, 4) is 0 Å². The van der Waals surface area contributed by atoms with Gasteiger partial charge in [0.1, 0.15) is 12.0 Å². The van der Waals surface area contributed by atoms with E-state index in [0.29, 0.717) is 0 Å². The van der Waals surface area contributed by atoms with E-state index in [0.717, 1.165) is 0 Å². The number of Topliss-reactive ketones (excluding diaryl/α,β-unsaturated/α-hetero) is 1. The van der Waals surface area contributed by atoms with Crippen LogP contribution in [0.15, 0.2) is 0 Å². The minimum atomic E-state index is -1.05. The first-order chi connectivity index (χ1) is 9.30. The Hall–Kier alpha value is -1.47. The molecule has 0 spiro atoms. The van der Waals surface area contributed by atoms with Gasteiger partial charge in [-0.05, 0) is 13.8 Å². The number of methoxy groups -OCH3 is 2. The fraction of sp³-hybridized carbons (Fsp3) is 0.769. The van der Waals surface area contributed by atoms with Crippen molar-refractivity contribution in [1.82, 2.24) is 0 Å². The van der Waals surface area contributed by atoms with E-state index in [4.69, 9.17) is 9.47 Å². The highest BCUT2D eigenvalue weighted by molar-refractivity contribution is 6.04. The second kappa shape index (κ2) is 5.14. The van der Waals surface area contributed by atoms with Crippen molar-refractivity contribution in [3.05, 3.63) is 0 Å². The molecule has 4 atom stereocenters. The minimum Gasteiger partial charge on any atom is -0.469 e. The van der Waals surface area contributed by atoms with Crippen LogP contribution in [-0.4, -0.2) is 49.9 Å². The van der Waals surface area contributed by atoms with E-state index in [9.17, 15) is 14.4 Å². The Labute approximate surface area is 116 Å². The number of esters is 2. The molecule has 0 aromatic rings. The molecule has 0 aromatic carbocycles.